The molecule has 2 aromatic rings. The van der Waals surface area contributed by atoms with E-state index in [2.05, 4.69) is 10.6 Å². The number of ether oxygens (including phenoxy) is 1. The van der Waals surface area contributed by atoms with Crippen molar-refractivity contribution >= 4 is 11.7 Å². The minimum atomic E-state index is -0.203. The summed E-state index contributed by atoms with van der Waals surface area (Å²) < 4.78 is 5.06. The maximum Gasteiger partial charge on any atom is 0.319 e. The second-order valence-electron chi connectivity index (χ2n) is 4.87. The number of hydrogen-bond donors (Lipinski definition) is 2. The number of amides is 2. The monoisotopic (exact) mass is 284 g/mol. The molecule has 2 aromatic carbocycles. The van der Waals surface area contributed by atoms with E-state index >= 15 is 0 Å². The van der Waals surface area contributed by atoms with E-state index in [0.29, 0.717) is 13.2 Å². The standard InChI is InChI=1S/C17H20N2O2/c1-13-5-3-4-6-16(13)19-17(20)18-11-14-7-9-15(10-8-14)12-21-2/h3-10H,11-12H2,1-2H3,(H2,18,19,20). The van der Waals surface area contributed by atoms with Crippen LogP contribution in [0.25, 0.3) is 0 Å². The van der Waals surface area contributed by atoms with E-state index in [1.165, 1.54) is 0 Å². The Kier molecular flexibility index (Phi) is 5.35. The molecule has 0 radical (unpaired) electrons. The molecule has 110 valence electrons. The number of carbonyl (C=O) groups excluding carboxylic acids is 1. The Morgan fingerprint density at radius 1 is 1.05 bits per heavy atom. The molecule has 0 unspecified atom stereocenters. The second kappa shape index (κ2) is 7.45. The van der Waals surface area contributed by atoms with Gasteiger partial charge in [0.15, 0.2) is 0 Å². The van der Waals surface area contributed by atoms with E-state index in [-0.39, 0.29) is 6.03 Å². The summed E-state index contributed by atoms with van der Waals surface area (Å²) in [6.07, 6.45) is 0. The predicted molar refractivity (Wildman–Crippen MR) is 84.2 cm³/mol. The van der Waals surface area contributed by atoms with Gasteiger partial charge in [0.05, 0.1) is 6.61 Å². The highest BCUT2D eigenvalue weighted by Gasteiger charge is 2.03. The molecule has 21 heavy (non-hydrogen) atoms. The number of carbonyl (C=O) groups is 1. The molecular weight excluding hydrogens is 264 g/mol. The van der Waals surface area contributed by atoms with Crippen molar-refractivity contribution in [2.45, 2.75) is 20.1 Å². The molecule has 0 bridgehead atoms. The Labute approximate surface area is 125 Å². The maximum absolute atomic E-state index is 11.9. The number of rotatable bonds is 5. The quantitative estimate of drug-likeness (QED) is 0.883. The molecule has 0 aliphatic heterocycles. The first kappa shape index (κ1) is 15.1. The van der Waals surface area contributed by atoms with Crippen LogP contribution in [0.5, 0.6) is 0 Å². The van der Waals surface area contributed by atoms with Gasteiger partial charge >= 0.3 is 6.03 Å². The zero-order chi connectivity index (χ0) is 15.1. The van der Waals surface area contributed by atoms with E-state index in [0.717, 1.165) is 22.4 Å². The highest BCUT2D eigenvalue weighted by Crippen LogP contribution is 2.12. The van der Waals surface area contributed by atoms with Gasteiger partial charge in [-0.2, -0.15) is 0 Å². The molecule has 2 rings (SSSR count). The molecular formula is C17H20N2O2. The van der Waals surface area contributed by atoms with Crippen molar-refractivity contribution in [3.05, 3.63) is 65.2 Å². The molecule has 0 aliphatic carbocycles. The van der Waals surface area contributed by atoms with Crippen molar-refractivity contribution in [3.63, 3.8) is 0 Å². The van der Waals surface area contributed by atoms with Gasteiger partial charge in [-0.15, -0.1) is 0 Å². The van der Waals surface area contributed by atoms with Crippen LogP contribution in [0.15, 0.2) is 48.5 Å². The summed E-state index contributed by atoms with van der Waals surface area (Å²) in [6, 6.07) is 15.5. The number of methoxy groups -OCH3 is 1. The highest BCUT2D eigenvalue weighted by molar-refractivity contribution is 5.89. The predicted octanol–water partition coefficient (Wildman–Crippen LogP) is 3.46. The molecule has 0 spiro atoms. The van der Waals surface area contributed by atoms with Crippen LogP contribution in [0.2, 0.25) is 0 Å². The van der Waals surface area contributed by atoms with Crippen molar-refractivity contribution < 1.29 is 9.53 Å². The van der Waals surface area contributed by atoms with Gasteiger partial charge in [-0.25, -0.2) is 4.79 Å². The zero-order valence-corrected chi connectivity index (χ0v) is 12.3. The molecule has 0 saturated heterocycles. The fourth-order valence-electron chi connectivity index (χ4n) is 1.98. The first-order valence-corrected chi connectivity index (χ1v) is 6.86. The lowest BCUT2D eigenvalue weighted by Gasteiger charge is -2.10. The highest BCUT2D eigenvalue weighted by atomic mass is 16.5. The summed E-state index contributed by atoms with van der Waals surface area (Å²) in [5, 5.41) is 5.69. The Hall–Kier alpha value is -2.33. The smallest absolute Gasteiger partial charge is 0.319 e. The summed E-state index contributed by atoms with van der Waals surface area (Å²) in [6.45, 7) is 3.05. The first-order chi connectivity index (χ1) is 10.2. The largest absolute Gasteiger partial charge is 0.380 e. The second-order valence-corrected chi connectivity index (χ2v) is 4.87. The van der Waals surface area contributed by atoms with E-state index in [1.807, 2.05) is 55.5 Å². The van der Waals surface area contributed by atoms with Gasteiger partial charge in [0, 0.05) is 19.3 Å². The first-order valence-electron chi connectivity index (χ1n) is 6.86. The lowest BCUT2D eigenvalue weighted by Crippen LogP contribution is -2.28. The topological polar surface area (TPSA) is 50.4 Å². The molecule has 0 heterocycles. The number of para-hydroxylation sites is 1. The zero-order valence-electron chi connectivity index (χ0n) is 12.3. The van der Waals surface area contributed by atoms with E-state index in [1.54, 1.807) is 7.11 Å². The van der Waals surface area contributed by atoms with Crippen molar-refractivity contribution in [3.8, 4) is 0 Å². The van der Waals surface area contributed by atoms with Crippen LogP contribution in [-0.4, -0.2) is 13.1 Å². The van der Waals surface area contributed by atoms with Crippen LogP contribution >= 0.6 is 0 Å². The molecule has 2 N–H and O–H groups in total. The average Bonchev–Trinajstić information content (AvgIpc) is 2.49. The number of aryl methyl sites for hydroxylation is 1. The van der Waals surface area contributed by atoms with Gasteiger partial charge < -0.3 is 15.4 Å². The Morgan fingerprint density at radius 2 is 1.71 bits per heavy atom. The third-order valence-electron chi connectivity index (χ3n) is 3.18. The summed E-state index contributed by atoms with van der Waals surface area (Å²) in [4.78, 5) is 11.9. The lowest BCUT2D eigenvalue weighted by molar-refractivity contribution is 0.185. The molecule has 4 nitrogen and oxygen atoms in total. The van der Waals surface area contributed by atoms with Gasteiger partial charge in [-0.05, 0) is 29.7 Å². The number of nitrogens with one attached hydrogen (secondary N) is 2. The third kappa shape index (κ3) is 4.61. The van der Waals surface area contributed by atoms with Crippen LogP contribution in [0.1, 0.15) is 16.7 Å². The Bertz CT molecular complexity index is 594. The molecule has 4 heteroatoms. The number of benzene rings is 2. The van der Waals surface area contributed by atoms with E-state index < -0.39 is 0 Å². The van der Waals surface area contributed by atoms with Crippen LogP contribution in [-0.2, 0) is 17.9 Å². The average molecular weight is 284 g/mol. The molecule has 0 saturated carbocycles. The Morgan fingerprint density at radius 3 is 2.38 bits per heavy atom. The van der Waals surface area contributed by atoms with E-state index in [4.69, 9.17) is 4.74 Å². The third-order valence-corrected chi connectivity index (χ3v) is 3.18. The summed E-state index contributed by atoms with van der Waals surface area (Å²) >= 11 is 0. The normalized spacial score (nSPS) is 10.2. The van der Waals surface area contributed by atoms with Crippen molar-refractivity contribution in [2.75, 3.05) is 12.4 Å². The maximum atomic E-state index is 11.9. The van der Waals surface area contributed by atoms with Gasteiger partial charge in [0.2, 0.25) is 0 Å². The SMILES string of the molecule is COCc1ccc(CNC(=O)Nc2ccccc2C)cc1. The number of hydrogen-bond acceptors (Lipinski definition) is 2. The van der Waals surface area contributed by atoms with Gasteiger partial charge in [-0.3, -0.25) is 0 Å². The fourth-order valence-corrected chi connectivity index (χ4v) is 1.98. The minimum Gasteiger partial charge on any atom is -0.380 e. The van der Waals surface area contributed by atoms with Crippen molar-refractivity contribution in [2.24, 2.45) is 0 Å². The van der Waals surface area contributed by atoms with Gasteiger partial charge in [0.25, 0.3) is 0 Å². The summed E-state index contributed by atoms with van der Waals surface area (Å²) in [5.74, 6) is 0. The van der Waals surface area contributed by atoms with E-state index in [9.17, 15) is 4.79 Å². The van der Waals surface area contributed by atoms with Crippen LogP contribution < -0.4 is 10.6 Å². The molecule has 0 aliphatic rings. The molecule has 2 amide bonds. The van der Waals surface area contributed by atoms with Gasteiger partial charge in [-0.1, -0.05) is 42.5 Å². The van der Waals surface area contributed by atoms with Gasteiger partial charge in [0.1, 0.15) is 0 Å². The Balaban J connectivity index is 1.85. The number of anilines is 1. The number of urea groups is 1. The summed E-state index contributed by atoms with van der Waals surface area (Å²) in [7, 11) is 1.67. The lowest BCUT2D eigenvalue weighted by atomic mass is 10.1. The molecule has 0 fully saturated rings. The molecule has 0 aromatic heterocycles. The molecule has 0 atom stereocenters. The minimum absolute atomic E-state index is 0.203. The fraction of sp³-hybridized carbons (Fsp3) is 0.235. The van der Waals surface area contributed by atoms with Crippen molar-refractivity contribution in [1.82, 2.24) is 5.32 Å². The van der Waals surface area contributed by atoms with Crippen LogP contribution in [0.3, 0.4) is 0 Å². The van der Waals surface area contributed by atoms with Crippen LogP contribution in [0, 0.1) is 6.92 Å². The van der Waals surface area contributed by atoms with Crippen molar-refractivity contribution in [1.29, 1.82) is 0 Å². The van der Waals surface area contributed by atoms with Crippen LogP contribution in [0.4, 0.5) is 10.5 Å². The summed E-state index contributed by atoms with van der Waals surface area (Å²) in [5.41, 5.74) is 4.03.